The number of thiophene rings is 1. The average Bonchev–Trinajstić information content (AvgIpc) is 2.96. The number of fused-ring (bicyclic) bond motifs is 1. The summed E-state index contributed by atoms with van der Waals surface area (Å²) in [5.41, 5.74) is 6.85. The van der Waals surface area contributed by atoms with Gasteiger partial charge in [0.2, 0.25) is 5.95 Å². The van der Waals surface area contributed by atoms with E-state index in [0.29, 0.717) is 18.3 Å². The monoisotopic (exact) mass is 331 g/mol. The van der Waals surface area contributed by atoms with E-state index in [0.717, 1.165) is 15.8 Å². The van der Waals surface area contributed by atoms with Gasteiger partial charge in [0.05, 0.1) is 11.4 Å². The Morgan fingerprint density at radius 1 is 1.30 bits per heavy atom. The summed E-state index contributed by atoms with van der Waals surface area (Å²) in [6, 6.07) is 8.52. The number of nitrogens with zero attached hydrogens (tertiary/aromatic N) is 3. The van der Waals surface area contributed by atoms with Gasteiger partial charge in [-0.1, -0.05) is 12.1 Å². The normalized spacial score (nSPS) is 12.7. The highest BCUT2D eigenvalue weighted by Crippen LogP contribution is 2.25. The molecule has 1 unspecified atom stereocenters. The van der Waals surface area contributed by atoms with Crippen LogP contribution in [0.1, 0.15) is 11.6 Å². The van der Waals surface area contributed by atoms with Crippen LogP contribution in [0.25, 0.3) is 10.2 Å². The molecule has 0 bridgehead atoms. The fourth-order valence-electron chi connectivity index (χ4n) is 2.46. The molecule has 2 aromatic heterocycles. The summed E-state index contributed by atoms with van der Waals surface area (Å²) in [4.78, 5) is 11.6. The zero-order valence-electron chi connectivity index (χ0n) is 13.0. The van der Waals surface area contributed by atoms with Crippen molar-refractivity contribution in [3.63, 3.8) is 0 Å². The van der Waals surface area contributed by atoms with Crippen LogP contribution in [0.5, 0.6) is 0 Å². The summed E-state index contributed by atoms with van der Waals surface area (Å²) in [5.74, 6) is 0.710. The second-order valence-electron chi connectivity index (χ2n) is 5.49. The second kappa shape index (κ2) is 6.47. The number of nitrogens with two attached hydrogens (primary N) is 1. The molecule has 120 valence electrons. The van der Waals surface area contributed by atoms with Crippen LogP contribution in [-0.4, -0.2) is 35.5 Å². The van der Waals surface area contributed by atoms with Gasteiger partial charge in [0, 0.05) is 6.54 Å². The van der Waals surface area contributed by atoms with Gasteiger partial charge >= 0.3 is 0 Å². The molecule has 0 amide bonds. The summed E-state index contributed by atoms with van der Waals surface area (Å²) < 4.78 is 13.5. The van der Waals surface area contributed by atoms with Crippen molar-refractivity contribution in [1.82, 2.24) is 14.9 Å². The molecule has 0 saturated heterocycles. The van der Waals surface area contributed by atoms with Crippen LogP contribution in [0.2, 0.25) is 0 Å². The third kappa shape index (κ3) is 3.40. The molecule has 3 rings (SSSR count). The predicted molar refractivity (Wildman–Crippen MR) is 93.1 cm³/mol. The molecule has 2 heterocycles. The van der Waals surface area contributed by atoms with Crippen LogP contribution in [0.15, 0.2) is 35.7 Å². The van der Waals surface area contributed by atoms with E-state index in [4.69, 9.17) is 5.73 Å². The Hall–Kier alpha value is -2.25. The Morgan fingerprint density at radius 3 is 2.87 bits per heavy atom. The summed E-state index contributed by atoms with van der Waals surface area (Å²) in [6.45, 7) is 0.548. The lowest BCUT2D eigenvalue weighted by atomic mass is 10.1. The molecule has 23 heavy (non-hydrogen) atoms. The van der Waals surface area contributed by atoms with Gasteiger partial charge in [-0.05, 0) is 43.2 Å². The molecule has 1 aromatic carbocycles. The quantitative estimate of drug-likeness (QED) is 0.752. The van der Waals surface area contributed by atoms with Crippen LogP contribution in [0.4, 0.5) is 16.2 Å². The lowest BCUT2D eigenvalue weighted by Crippen LogP contribution is -2.27. The van der Waals surface area contributed by atoms with E-state index in [2.05, 4.69) is 15.3 Å². The largest absolute Gasteiger partial charge is 0.383 e. The topological polar surface area (TPSA) is 67.1 Å². The van der Waals surface area contributed by atoms with E-state index >= 15 is 0 Å². The van der Waals surface area contributed by atoms with Crippen LogP contribution in [0, 0.1) is 5.82 Å². The number of aromatic nitrogens is 2. The molecular weight excluding hydrogens is 313 g/mol. The Bertz CT molecular complexity index is 817. The van der Waals surface area contributed by atoms with Crippen LogP contribution >= 0.6 is 11.3 Å². The number of anilines is 2. The number of nitrogen functional groups attached to an aromatic ring is 1. The highest BCUT2D eigenvalue weighted by molar-refractivity contribution is 7.16. The minimum Gasteiger partial charge on any atom is -0.383 e. The second-order valence-corrected chi connectivity index (χ2v) is 6.38. The maximum absolute atomic E-state index is 13.5. The van der Waals surface area contributed by atoms with E-state index in [9.17, 15) is 4.39 Å². The van der Waals surface area contributed by atoms with Crippen molar-refractivity contribution >= 4 is 33.3 Å². The summed E-state index contributed by atoms with van der Waals surface area (Å²) >= 11 is 1.52. The fourth-order valence-corrected chi connectivity index (χ4v) is 3.23. The van der Waals surface area contributed by atoms with Gasteiger partial charge in [-0.25, -0.2) is 9.37 Å². The first-order valence-corrected chi connectivity index (χ1v) is 8.09. The maximum atomic E-state index is 13.5. The van der Waals surface area contributed by atoms with Crippen molar-refractivity contribution in [2.75, 3.05) is 31.7 Å². The van der Waals surface area contributed by atoms with Crippen molar-refractivity contribution in [3.8, 4) is 0 Å². The van der Waals surface area contributed by atoms with Crippen LogP contribution in [-0.2, 0) is 0 Å². The van der Waals surface area contributed by atoms with Crippen molar-refractivity contribution in [2.24, 2.45) is 0 Å². The Labute approximate surface area is 138 Å². The molecule has 3 aromatic rings. The first kappa shape index (κ1) is 15.6. The Morgan fingerprint density at radius 2 is 2.13 bits per heavy atom. The molecule has 3 N–H and O–H groups in total. The third-order valence-corrected chi connectivity index (χ3v) is 4.47. The summed E-state index contributed by atoms with van der Waals surface area (Å²) in [6.07, 6.45) is 0. The van der Waals surface area contributed by atoms with Gasteiger partial charge < -0.3 is 16.0 Å². The van der Waals surface area contributed by atoms with Crippen molar-refractivity contribution in [3.05, 3.63) is 47.1 Å². The summed E-state index contributed by atoms with van der Waals surface area (Å²) in [7, 11) is 3.91. The number of rotatable bonds is 5. The SMILES string of the molecule is CN(C)C(CNc1nc(N)c2ccsc2n1)c1cccc(F)c1. The molecule has 0 spiro atoms. The summed E-state index contributed by atoms with van der Waals surface area (Å²) in [5, 5.41) is 6.02. The first-order valence-electron chi connectivity index (χ1n) is 7.21. The highest BCUT2D eigenvalue weighted by atomic mass is 32.1. The smallest absolute Gasteiger partial charge is 0.226 e. The van der Waals surface area contributed by atoms with Gasteiger partial charge in [-0.15, -0.1) is 11.3 Å². The van der Waals surface area contributed by atoms with E-state index in [1.165, 1.54) is 17.4 Å². The van der Waals surface area contributed by atoms with Crippen molar-refractivity contribution < 1.29 is 4.39 Å². The number of nitrogens with one attached hydrogen (secondary N) is 1. The molecule has 7 heteroatoms. The predicted octanol–water partition coefficient (Wildman–Crippen LogP) is 3.13. The van der Waals surface area contributed by atoms with Gasteiger partial charge in [0.25, 0.3) is 0 Å². The molecule has 0 aliphatic rings. The fraction of sp³-hybridized carbons (Fsp3) is 0.250. The minimum atomic E-state index is -0.241. The number of halogens is 1. The molecular formula is C16H18FN5S. The Kier molecular flexibility index (Phi) is 4.40. The average molecular weight is 331 g/mol. The standard InChI is InChI=1S/C16H18FN5S/c1-22(2)13(10-4-3-5-11(17)8-10)9-19-16-20-14(18)12-6-7-23-15(12)21-16/h3-8,13H,9H2,1-2H3,(H3,18,19,20,21). The van der Waals surface area contributed by atoms with E-state index in [1.54, 1.807) is 12.1 Å². The first-order chi connectivity index (χ1) is 11.0. The molecule has 5 nitrogen and oxygen atoms in total. The molecule has 0 saturated carbocycles. The minimum absolute atomic E-state index is 0.00504. The van der Waals surface area contributed by atoms with Gasteiger partial charge in [-0.2, -0.15) is 4.98 Å². The molecule has 0 aliphatic carbocycles. The van der Waals surface area contributed by atoms with E-state index < -0.39 is 0 Å². The number of likely N-dealkylation sites (N-methyl/N-ethyl adjacent to an activating group) is 1. The van der Waals surface area contributed by atoms with Gasteiger partial charge in [-0.3, -0.25) is 0 Å². The van der Waals surface area contributed by atoms with Crippen LogP contribution in [0.3, 0.4) is 0 Å². The zero-order chi connectivity index (χ0) is 16.4. The Balaban J connectivity index is 1.80. The lowest BCUT2D eigenvalue weighted by Gasteiger charge is -2.25. The molecule has 0 fully saturated rings. The molecule has 0 radical (unpaired) electrons. The number of hydrogen-bond donors (Lipinski definition) is 2. The van der Waals surface area contributed by atoms with E-state index in [1.807, 2.05) is 36.5 Å². The highest BCUT2D eigenvalue weighted by Gasteiger charge is 2.15. The maximum Gasteiger partial charge on any atom is 0.226 e. The van der Waals surface area contributed by atoms with Crippen LogP contribution < -0.4 is 11.1 Å². The number of hydrogen-bond acceptors (Lipinski definition) is 6. The van der Waals surface area contributed by atoms with Gasteiger partial charge in [0.15, 0.2) is 0 Å². The molecule has 0 aliphatic heterocycles. The van der Waals surface area contributed by atoms with E-state index in [-0.39, 0.29) is 11.9 Å². The van der Waals surface area contributed by atoms with Crippen molar-refractivity contribution in [1.29, 1.82) is 0 Å². The third-order valence-electron chi connectivity index (χ3n) is 3.66. The molecule has 1 atom stereocenters. The van der Waals surface area contributed by atoms with Crippen molar-refractivity contribution in [2.45, 2.75) is 6.04 Å². The number of benzene rings is 1. The zero-order valence-corrected chi connectivity index (χ0v) is 13.8. The lowest BCUT2D eigenvalue weighted by molar-refractivity contribution is 0.310. The van der Waals surface area contributed by atoms with Gasteiger partial charge in [0.1, 0.15) is 16.5 Å².